The summed E-state index contributed by atoms with van der Waals surface area (Å²) in [4.78, 5) is 49.8. The predicted octanol–water partition coefficient (Wildman–Crippen LogP) is 1.84. The Bertz CT molecular complexity index is 803. The largest absolute Gasteiger partial charge is 0.451 e. The highest BCUT2D eigenvalue weighted by Gasteiger charge is 2.56. The van der Waals surface area contributed by atoms with Crippen LogP contribution in [0.5, 0.6) is 0 Å². The second kappa shape index (κ2) is 7.61. The van der Waals surface area contributed by atoms with Crippen LogP contribution in [0.4, 0.5) is 10.5 Å². The maximum absolute atomic E-state index is 12.5. The minimum atomic E-state index is -1.06. The first kappa shape index (κ1) is 19.9. The van der Waals surface area contributed by atoms with Gasteiger partial charge in [0.1, 0.15) is 12.1 Å². The number of ether oxygens (including phenoxy) is 1. The second-order valence-electron chi connectivity index (χ2n) is 7.47. The third-order valence-electron chi connectivity index (χ3n) is 5.29. The fourth-order valence-corrected chi connectivity index (χ4v) is 3.28. The van der Waals surface area contributed by atoms with Crippen molar-refractivity contribution >= 4 is 29.5 Å². The van der Waals surface area contributed by atoms with E-state index in [9.17, 15) is 19.2 Å². The van der Waals surface area contributed by atoms with Gasteiger partial charge < -0.3 is 15.4 Å². The predicted molar refractivity (Wildman–Crippen MR) is 101 cm³/mol. The van der Waals surface area contributed by atoms with Gasteiger partial charge in [0.15, 0.2) is 6.10 Å². The average molecular weight is 387 g/mol. The van der Waals surface area contributed by atoms with E-state index in [1.165, 1.54) is 6.92 Å². The van der Waals surface area contributed by atoms with Gasteiger partial charge in [-0.3, -0.25) is 19.3 Å². The van der Waals surface area contributed by atoms with Gasteiger partial charge in [-0.25, -0.2) is 4.79 Å². The number of urea groups is 1. The summed E-state index contributed by atoms with van der Waals surface area (Å²) >= 11 is 0. The van der Waals surface area contributed by atoms with Gasteiger partial charge in [-0.2, -0.15) is 0 Å². The summed E-state index contributed by atoms with van der Waals surface area (Å²) in [6, 6.07) is 6.75. The highest BCUT2D eigenvalue weighted by molar-refractivity contribution is 6.09. The first-order valence-corrected chi connectivity index (χ1v) is 9.48. The van der Waals surface area contributed by atoms with Gasteiger partial charge in [-0.15, -0.1) is 0 Å². The van der Waals surface area contributed by atoms with Gasteiger partial charge in [0, 0.05) is 5.69 Å². The molecule has 8 nitrogen and oxygen atoms in total. The molecule has 2 N–H and O–H groups in total. The van der Waals surface area contributed by atoms with E-state index in [4.69, 9.17) is 4.74 Å². The molecule has 150 valence electrons. The Balaban J connectivity index is 1.53. The first-order chi connectivity index (χ1) is 13.2. The lowest BCUT2D eigenvalue weighted by atomic mass is 9.96. The lowest BCUT2D eigenvalue weighted by molar-refractivity contribution is -0.155. The van der Waals surface area contributed by atoms with Gasteiger partial charge in [-0.1, -0.05) is 19.1 Å². The smallest absolute Gasteiger partial charge is 0.327 e. The zero-order chi connectivity index (χ0) is 20.5. The van der Waals surface area contributed by atoms with E-state index < -0.39 is 42.0 Å². The quantitative estimate of drug-likeness (QED) is 0.549. The Labute approximate surface area is 163 Å². The molecule has 1 aliphatic carbocycles. The normalized spacial score (nSPS) is 22.6. The molecule has 28 heavy (non-hydrogen) atoms. The Hall–Kier alpha value is -2.90. The Morgan fingerprint density at radius 3 is 2.50 bits per heavy atom. The third kappa shape index (κ3) is 4.00. The van der Waals surface area contributed by atoms with Crippen molar-refractivity contribution in [1.82, 2.24) is 10.2 Å². The number of anilines is 1. The van der Waals surface area contributed by atoms with E-state index in [0.29, 0.717) is 5.69 Å². The monoisotopic (exact) mass is 387 g/mol. The SMILES string of the molecule is CCc1ccc(NC(=O)[C@H](C)OC(=O)CN2C(=O)N[C@@](C)(C3CC3)C2=O)cc1. The number of imide groups is 1. The lowest BCUT2D eigenvalue weighted by Gasteiger charge is -2.21. The van der Waals surface area contributed by atoms with Crippen molar-refractivity contribution in [3.63, 3.8) is 0 Å². The number of benzene rings is 1. The van der Waals surface area contributed by atoms with E-state index in [1.807, 2.05) is 19.1 Å². The van der Waals surface area contributed by atoms with Crippen molar-refractivity contribution in [2.75, 3.05) is 11.9 Å². The molecule has 0 bridgehead atoms. The topological polar surface area (TPSA) is 105 Å². The summed E-state index contributed by atoms with van der Waals surface area (Å²) in [5.41, 5.74) is 0.786. The number of nitrogens with one attached hydrogen (secondary N) is 2. The number of esters is 1. The minimum Gasteiger partial charge on any atom is -0.451 e. The first-order valence-electron chi connectivity index (χ1n) is 9.48. The minimum absolute atomic E-state index is 0.105. The lowest BCUT2D eigenvalue weighted by Crippen LogP contribution is -2.46. The van der Waals surface area contributed by atoms with Crippen molar-refractivity contribution in [2.45, 2.75) is 51.7 Å². The molecule has 0 radical (unpaired) electrons. The molecule has 1 aromatic rings. The van der Waals surface area contributed by atoms with E-state index in [-0.39, 0.29) is 5.92 Å². The second-order valence-corrected chi connectivity index (χ2v) is 7.47. The number of nitrogens with zero attached hydrogens (tertiary/aromatic N) is 1. The van der Waals surface area contributed by atoms with Crippen LogP contribution in [-0.4, -0.2) is 46.9 Å². The fraction of sp³-hybridized carbons (Fsp3) is 0.500. The highest BCUT2D eigenvalue weighted by Crippen LogP contribution is 2.42. The van der Waals surface area contributed by atoms with Crippen LogP contribution in [0.15, 0.2) is 24.3 Å². The molecule has 2 fully saturated rings. The molecule has 4 amide bonds. The molecule has 1 saturated carbocycles. The third-order valence-corrected chi connectivity index (χ3v) is 5.29. The molecule has 1 saturated heterocycles. The Morgan fingerprint density at radius 1 is 1.29 bits per heavy atom. The molecule has 3 rings (SSSR count). The number of amides is 4. The van der Waals surface area contributed by atoms with Crippen molar-refractivity contribution in [3.05, 3.63) is 29.8 Å². The number of rotatable bonds is 7. The maximum atomic E-state index is 12.5. The summed E-state index contributed by atoms with van der Waals surface area (Å²) < 4.78 is 5.11. The zero-order valence-electron chi connectivity index (χ0n) is 16.3. The summed E-state index contributed by atoms with van der Waals surface area (Å²) in [5.74, 6) is -1.62. The van der Waals surface area contributed by atoms with Crippen molar-refractivity contribution in [2.24, 2.45) is 5.92 Å². The zero-order valence-corrected chi connectivity index (χ0v) is 16.3. The number of carbonyl (C=O) groups is 4. The summed E-state index contributed by atoms with van der Waals surface area (Å²) in [6.07, 6.45) is 1.58. The molecule has 0 aromatic heterocycles. The van der Waals surface area contributed by atoms with Crippen LogP contribution in [0.3, 0.4) is 0 Å². The highest BCUT2D eigenvalue weighted by atomic mass is 16.5. The van der Waals surface area contributed by atoms with E-state index >= 15 is 0 Å². The standard InChI is InChI=1S/C20H25N3O5/c1-4-13-5-9-15(10-6-13)21-17(25)12(2)28-16(24)11-23-18(26)20(3,14-7-8-14)22-19(23)27/h5-6,9-10,12,14H,4,7-8,11H2,1-3H3,(H,21,25)(H,22,27)/t12-,20-/m0/s1. The molecule has 8 heteroatoms. The van der Waals surface area contributed by atoms with E-state index in [2.05, 4.69) is 10.6 Å². The van der Waals surface area contributed by atoms with Gasteiger partial charge in [0.25, 0.3) is 11.8 Å². The number of hydrogen-bond donors (Lipinski definition) is 2. The molecular weight excluding hydrogens is 362 g/mol. The average Bonchev–Trinajstić information content (AvgIpc) is 3.48. The number of carbonyl (C=O) groups excluding carboxylic acids is 4. The van der Waals surface area contributed by atoms with Crippen LogP contribution >= 0.6 is 0 Å². The summed E-state index contributed by atoms with van der Waals surface area (Å²) in [6.45, 7) is 4.63. The van der Waals surface area contributed by atoms with Crippen LogP contribution in [0.1, 0.15) is 39.2 Å². The fourth-order valence-electron chi connectivity index (χ4n) is 3.28. The van der Waals surface area contributed by atoms with Crippen molar-refractivity contribution < 1.29 is 23.9 Å². The van der Waals surface area contributed by atoms with E-state index in [0.717, 1.165) is 29.7 Å². The van der Waals surface area contributed by atoms with Crippen molar-refractivity contribution in [1.29, 1.82) is 0 Å². The Morgan fingerprint density at radius 2 is 1.93 bits per heavy atom. The molecule has 0 spiro atoms. The molecule has 1 aromatic carbocycles. The molecule has 2 aliphatic rings. The molecule has 1 aliphatic heterocycles. The Kier molecular flexibility index (Phi) is 5.40. The molecule has 2 atom stereocenters. The van der Waals surface area contributed by atoms with Gasteiger partial charge in [0.2, 0.25) is 0 Å². The number of aryl methyl sites for hydroxylation is 1. The van der Waals surface area contributed by atoms with Crippen LogP contribution in [0.25, 0.3) is 0 Å². The van der Waals surface area contributed by atoms with Crippen LogP contribution in [0.2, 0.25) is 0 Å². The van der Waals surface area contributed by atoms with Gasteiger partial charge in [0.05, 0.1) is 0 Å². The van der Waals surface area contributed by atoms with Gasteiger partial charge >= 0.3 is 12.0 Å². The van der Waals surface area contributed by atoms with Crippen LogP contribution in [0, 0.1) is 5.92 Å². The molecular formula is C20H25N3O5. The number of hydrogen-bond acceptors (Lipinski definition) is 5. The van der Waals surface area contributed by atoms with Crippen LogP contribution in [-0.2, 0) is 25.5 Å². The summed E-state index contributed by atoms with van der Waals surface area (Å²) in [7, 11) is 0. The maximum Gasteiger partial charge on any atom is 0.327 e. The molecule has 1 heterocycles. The van der Waals surface area contributed by atoms with E-state index in [1.54, 1.807) is 19.1 Å². The van der Waals surface area contributed by atoms with Crippen molar-refractivity contribution in [3.8, 4) is 0 Å². The summed E-state index contributed by atoms with van der Waals surface area (Å²) in [5, 5.41) is 5.34. The van der Waals surface area contributed by atoms with Crippen LogP contribution < -0.4 is 10.6 Å². The molecule has 0 unspecified atom stereocenters. The van der Waals surface area contributed by atoms with Gasteiger partial charge in [-0.05, 0) is 56.7 Å².